The average Bonchev–Trinajstić information content (AvgIpc) is 2.50. The van der Waals surface area contributed by atoms with Crippen molar-refractivity contribution in [3.8, 4) is 0 Å². The van der Waals surface area contributed by atoms with Crippen LogP contribution in [0.5, 0.6) is 0 Å². The molecule has 1 fully saturated rings. The number of rotatable bonds is 2. The van der Waals surface area contributed by atoms with Gasteiger partial charge in [0.05, 0.1) is 13.0 Å². The molecule has 0 aliphatic heterocycles. The maximum atomic E-state index is 11.0. The maximum Gasteiger partial charge on any atom is 0.309 e. The zero-order valence-electron chi connectivity index (χ0n) is 6.91. The molecule has 1 aliphatic rings. The van der Waals surface area contributed by atoms with Crippen LogP contribution < -0.4 is 5.11 Å². The molecule has 1 rings (SSSR count). The Morgan fingerprint density at radius 2 is 1.92 bits per heavy atom. The molecule has 4 nitrogen and oxygen atoms in total. The van der Waals surface area contributed by atoms with Crippen molar-refractivity contribution in [3.63, 3.8) is 0 Å². The van der Waals surface area contributed by atoms with E-state index in [1.54, 1.807) is 0 Å². The summed E-state index contributed by atoms with van der Waals surface area (Å²) in [5.74, 6) is -2.69. The number of hydrogen-bond donors (Lipinski definition) is 0. The SMILES string of the molecule is COC(=O)C1CCCC1C(=O)[O-]. The maximum absolute atomic E-state index is 11.0. The van der Waals surface area contributed by atoms with Crippen LogP contribution in [-0.4, -0.2) is 19.0 Å². The van der Waals surface area contributed by atoms with E-state index in [1.807, 2.05) is 0 Å². The van der Waals surface area contributed by atoms with Gasteiger partial charge >= 0.3 is 5.97 Å². The topological polar surface area (TPSA) is 66.4 Å². The van der Waals surface area contributed by atoms with Gasteiger partial charge in [-0.1, -0.05) is 6.42 Å². The number of carbonyl (C=O) groups is 2. The summed E-state index contributed by atoms with van der Waals surface area (Å²) >= 11 is 0. The number of aliphatic carboxylic acids is 1. The van der Waals surface area contributed by atoms with Gasteiger partial charge in [-0.05, 0) is 12.8 Å². The fraction of sp³-hybridized carbons (Fsp3) is 0.750. The van der Waals surface area contributed by atoms with Gasteiger partial charge in [0.2, 0.25) is 0 Å². The van der Waals surface area contributed by atoms with E-state index in [-0.39, 0.29) is 0 Å². The number of hydrogen-bond acceptors (Lipinski definition) is 4. The molecule has 2 unspecified atom stereocenters. The van der Waals surface area contributed by atoms with Crippen molar-refractivity contribution >= 4 is 11.9 Å². The van der Waals surface area contributed by atoms with Crippen molar-refractivity contribution in [1.29, 1.82) is 0 Å². The van der Waals surface area contributed by atoms with E-state index in [9.17, 15) is 14.7 Å². The molecule has 0 aromatic rings. The summed E-state index contributed by atoms with van der Waals surface area (Å²) in [6.45, 7) is 0. The zero-order valence-corrected chi connectivity index (χ0v) is 6.91. The molecule has 0 heterocycles. The molecule has 2 atom stereocenters. The van der Waals surface area contributed by atoms with E-state index in [1.165, 1.54) is 7.11 Å². The van der Waals surface area contributed by atoms with Crippen molar-refractivity contribution in [2.45, 2.75) is 19.3 Å². The summed E-state index contributed by atoms with van der Waals surface area (Å²) in [7, 11) is 1.27. The van der Waals surface area contributed by atoms with Gasteiger partial charge in [0.25, 0.3) is 0 Å². The molecule has 68 valence electrons. The highest BCUT2D eigenvalue weighted by atomic mass is 16.5. The predicted molar refractivity (Wildman–Crippen MR) is 37.9 cm³/mol. The second-order valence-electron chi connectivity index (χ2n) is 2.99. The number of carbonyl (C=O) groups excluding carboxylic acids is 2. The fourth-order valence-corrected chi connectivity index (χ4v) is 1.68. The van der Waals surface area contributed by atoms with Crippen LogP contribution in [0.3, 0.4) is 0 Å². The Kier molecular flexibility index (Phi) is 2.68. The van der Waals surface area contributed by atoms with E-state index in [2.05, 4.69) is 4.74 Å². The third-order valence-corrected chi connectivity index (χ3v) is 2.32. The number of ether oxygens (including phenoxy) is 1. The van der Waals surface area contributed by atoms with Crippen molar-refractivity contribution < 1.29 is 19.4 Å². The van der Waals surface area contributed by atoms with Crippen molar-refractivity contribution in [1.82, 2.24) is 0 Å². The molecule has 1 aliphatic carbocycles. The van der Waals surface area contributed by atoms with Gasteiger partial charge in [-0.3, -0.25) is 4.79 Å². The normalized spacial score (nSPS) is 28.4. The van der Waals surface area contributed by atoms with E-state index in [0.717, 1.165) is 6.42 Å². The molecule has 12 heavy (non-hydrogen) atoms. The number of methoxy groups -OCH3 is 1. The van der Waals surface area contributed by atoms with Crippen LogP contribution in [0, 0.1) is 11.8 Å². The highest BCUT2D eigenvalue weighted by Crippen LogP contribution is 2.31. The first kappa shape index (κ1) is 9.03. The monoisotopic (exact) mass is 171 g/mol. The van der Waals surface area contributed by atoms with Crippen molar-refractivity contribution in [2.75, 3.05) is 7.11 Å². The Morgan fingerprint density at radius 1 is 1.33 bits per heavy atom. The van der Waals surface area contributed by atoms with E-state index in [0.29, 0.717) is 12.8 Å². The van der Waals surface area contributed by atoms with Gasteiger partial charge in [-0.2, -0.15) is 0 Å². The van der Waals surface area contributed by atoms with Gasteiger partial charge in [-0.25, -0.2) is 0 Å². The lowest BCUT2D eigenvalue weighted by molar-refractivity contribution is -0.312. The summed E-state index contributed by atoms with van der Waals surface area (Å²) in [5.41, 5.74) is 0. The minimum absolute atomic E-state index is 0.429. The highest BCUT2D eigenvalue weighted by Gasteiger charge is 2.34. The second kappa shape index (κ2) is 3.56. The average molecular weight is 171 g/mol. The zero-order chi connectivity index (χ0) is 9.14. The standard InChI is InChI=1S/C8H12O4/c1-12-8(11)6-4-2-3-5(6)7(9)10/h5-6H,2-4H2,1H3,(H,9,10)/p-1. The first-order valence-electron chi connectivity index (χ1n) is 3.95. The van der Waals surface area contributed by atoms with Gasteiger partial charge in [0.1, 0.15) is 0 Å². The molecule has 0 radical (unpaired) electrons. The van der Waals surface area contributed by atoms with Gasteiger partial charge in [0.15, 0.2) is 0 Å². The van der Waals surface area contributed by atoms with Crippen LogP contribution in [0.15, 0.2) is 0 Å². The molecular weight excluding hydrogens is 160 g/mol. The van der Waals surface area contributed by atoms with Crippen LogP contribution in [0.1, 0.15) is 19.3 Å². The van der Waals surface area contributed by atoms with Gasteiger partial charge < -0.3 is 14.6 Å². The number of esters is 1. The third kappa shape index (κ3) is 1.57. The van der Waals surface area contributed by atoms with Crippen LogP contribution in [0.4, 0.5) is 0 Å². The molecule has 4 heteroatoms. The molecule has 0 spiro atoms. The Morgan fingerprint density at radius 3 is 2.42 bits per heavy atom. The number of carboxylic acids is 1. The van der Waals surface area contributed by atoms with Gasteiger partial charge in [0, 0.05) is 11.9 Å². The Bertz CT molecular complexity index is 199. The van der Waals surface area contributed by atoms with E-state index in [4.69, 9.17) is 0 Å². The summed E-state index contributed by atoms with van der Waals surface area (Å²) < 4.78 is 4.48. The molecular formula is C8H11O4-. The van der Waals surface area contributed by atoms with Crippen LogP contribution in [-0.2, 0) is 14.3 Å². The Balaban J connectivity index is 2.63. The number of carboxylic acid groups (broad SMARTS) is 1. The third-order valence-electron chi connectivity index (χ3n) is 2.32. The molecule has 0 N–H and O–H groups in total. The van der Waals surface area contributed by atoms with Crippen molar-refractivity contribution in [2.24, 2.45) is 11.8 Å². The first-order valence-corrected chi connectivity index (χ1v) is 3.95. The summed E-state index contributed by atoms with van der Waals surface area (Å²) in [6.07, 6.45) is 1.89. The van der Waals surface area contributed by atoms with Crippen LogP contribution in [0.2, 0.25) is 0 Å². The van der Waals surface area contributed by atoms with Crippen LogP contribution in [0.25, 0.3) is 0 Å². The lowest BCUT2D eigenvalue weighted by atomic mass is 9.97. The molecule has 0 aromatic carbocycles. The molecule has 1 saturated carbocycles. The molecule has 0 amide bonds. The van der Waals surface area contributed by atoms with Crippen molar-refractivity contribution in [3.05, 3.63) is 0 Å². The minimum atomic E-state index is -1.14. The second-order valence-corrected chi connectivity index (χ2v) is 2.99. The lowest BCUT2D eigenvalue weighted by Gasteiger charge is -2.17. The minimum Gasteiger partial charge on any atom is -0.550 e. The summed E-state index contributed by atoms with van der Waals surface area (Å²) in [5, 5.41) is 10.5. The Hall–Kier alpha value is -1.06. The summed E-state index contributed by atoms with van der Waals surface area (Å²) in [6, 6.07) is 0. The fourth-order valence-electron chi connectivity index (χ4n) is 1.68. The van der Waals surface area contributed by atoms with E-state index < -0.39 is 23.8 Å². The van der Waals surface area contributed by atoms with Gasteiger partial charge in [-0.15, -0.1) is 0 Å². The predicted octanol–water partition coefficient (Wildman–Crippen LogP) is -0.674. The first-order chi connectivity index (χ1) is 5.66. The largest absolute Gasteiger partial charge is 0.550 e. The summed E-state index contributed by atoms with van der Waals surface area (Å²) in [4.78, 5) is 21.5. The molecule has 0 bridgehead atoms. The Labute approximate surface area is 70.5 Å². The smallest absolute Gasteiger partial charge is 0.309 e. The quantitative estimate of drug-likeness (QED) is 0.516. The molecule has 0 saturated heterocycles. The van der Waals surface area contributed by atoms with Crippen LogP contribution >= 0.6 is 0 Å². The molecule has 0 aromatic heterocycles. The highest BCUT2D eigenvalue weighted by molar-refractivity contribution is 5.80. The lowest BCUT2D eigenvalue weighted by Crippen LogP contribution is -2.36. The van der Waals surface area contributed by atoms with E-state index >= 15 is 0 Å².